The van der Waals surface area contributed by atoms with Gasteiger partial charge in [0.2, 0.25) is 0 Å². The summed E-state index contributed by atoms with van der Waals surface area (Å²) in [6.07, 6.45) is -0.385. The molecule has 3 nitrogen and oxygen atoms in total. The van der Waals surface area contributed by atoms with Gasteiger partial charge in [0, 0.05) is 10.0 Å². The molecule has 18 heavy (non-hydrogen) atoms. The Hall–Kier alpha value is -1.03. The van der Waals surface area contributed by atoms with Crippen LogP contribution in [0, 0.1) is 13.8 Å². The zero-order chi connectivity index (χ0) is 13.9. The highest BCUT2D eigenvalue weighted by atomic mass is 79.9. The minimum atomic E-state index is -0.385. The van der Waals surface area contributed by atoms with Crippen LogP contribution in [0.15, 0.2) is 16.6 Å². The first-order valence-electron chi connectivity index (χ1n) is 5.89. The molecular formula is C14H20BrNO2. The van der Waals surface area contributed by atoms with E-state index >= 15 is 0 Å². The fourth-order valence-electron chi connectivity index (χ4n) is 1.65. The van der Waals surface area contributed by atoms with Crippen molar-refractivity contribution in [2.75, 3.05) is 0 Å². The van der Waals surface area contributed by atoms with Crippen molar-refractivity contribution in [3.63, 3.8) is 0 Å². The predicted molar refractivity (Wildman–Crippen MR) is 76.7 cm³/mol. The van der Waals surface area contributed by atoms with E-state index in [-0.39, 0.29) is 11.6 Å². The molecule has 1 rings (SSSR count). The second-order valence-electron chi connectivity index (χ2n) is 5.47. The maximum atomic E-state index is 11.6. The zero-order valence-electron chi connectivity index (χ0n) is 11.6. The number of alkyl carbamates (subject to hydrolysis) is 1. The molecule has 0 aliphatic carbocycles. The number of halogens is 1. The first-order chi connectivity index (χ1) is 8.19. The van der Waals surface area contributed by atoms with Gasteiger partial charge in [0.25, 0.3) is 0 Å². The molecule has 0 saturated carbocycles. The van der Waals surface area contributed by atoms with E-state index in [1.807, 2.05) is 46.8 Å². The Bertz CT molecular complexity index is 427. The van der Waals surface area contributed by atoms with E-state index in [4.69, 9.17) is 4.74 Å². The van der Waals surface area contributed by atoms with Gasteiger partial charge in [0.15, 0.2) is 0 Å². The summed E-state index contributed by atoms with van der Waals surface area (Å²) in [5.74, 6) is 0. The van der Waals surface area contributed by atoms with Crippen LogP contribution in [0.3, 0.4) is 0 Å². The number of hydrogen-bond donors (Lipinski definition) is 1. The summed E-state index contributed by atoms with van der Waals surface area (Å²) in [5, 5.41) is 2.77. The van der Waals surface area contributed by atoms with Gasteiger partial charge in [-0.2, -0.15) is 0 Å². The van der Waals surface area contributed by atoms with Gasteiger partial charge in [-0.15, -0.1) is 0 Å². The smallest absolute Gasteiger partial charge is 0.407 e. The lowest BCUT2D eigenvalue weighted by atomic mass is 10.0. The van der Waals surface area contributed by atoms with E-state index in [0.717, 1.165) is 21.2 Å². The molecule has 1 aromatic rings. The van der Waals surface area contributed by atoms with Gasteiger partial charge in [-0.05, 0) is 63.4 Å². The number of carbonyl (C=O) groups excluding carboxylic acids is 1. The molecule has 0 aromatic heterocycles. The quantitative estimate of drug-likeness (QED) is 0.893. The topological polar surface area (TPSA) is 38.3 Å². The molecule has 0 aliphatic rings. The molecule has 0 spiro atoms. The summed E-state index contributed by atoms with van der Waals surface area (Å²) in [6.45, 7) is 10.1. The Morgan fingerprint density at radius 3 is 2.22 bits per heavy atom. The Labute approximate surface area is 117 Å². The summed E-state index contributed by atoms with van der Waals surface area (Å²) in [6, 6.07) is 4.04. The van der Waals surface area contributed by atoms with Crippen LogP contribution >= 0.6 is 15.9 Å². The number of carbonyl (C=O) groups is 1. The number of benzene rings is 1. The first kappa shape index (κ1) is 15.0. The van der Waals surface area contributed by atoms with Crippen LogP contribution in [0.4, 0.5) is 4.79 Å². The van der Waals surface area contributed by atoms with Crippen LogP contribution in [-0.4, -0.2) is 11.6 Å². The minimum absolute atomic E-state index is 0.277. The Morgan fingerprint density at radius 1 is 1.28 bits per heavy atom. The van der Waals surface area contributed by atoms with Crippen LogP contribution < -0.4 is 5.32 Å². The molecule has 0 unspecified atom stereocenters. The summed E-state index contributed by atoms with van der Waals surface area (Å²) >= 11 is 3.45. The molecule has 0 fully saturated rings. The third-order valence-electron chi connectivity index (χ3n) is 2.49. The Morgan fingerprint density at radius 2 is 1.78 bits per heavy atom. The number of ether oxygens (including phenoxy) is 1. The number of aryl methyl sites for hydroxylation is 2. The average Bonchev–Trinajstić information content (AvgIpc) is 2.12. The van der Waals surface area contributed by atoms with Crippen molar-refractivity contribution < 1.29 is 9.53 Å². The predicted octanol–water partition coefficient (Wildman–Crippen LogP) is 4.09. The SMILES string of the molecule is Cc1cc(Br)cc(C)c1COC(=O)NC(C)(C)C. The molecule has 0 aliphatic heterocycles. The molecule has 0 atom stereocenters. The fourth-order valence-corrected chi connectivity index (χ4v) is 2.33. The van der Waals surface area contributed by atoms with Crippen LogP contribution in [-0.2, 0) is 11.3 Å². The van der Waals surface area contributed by atoms with E-state index in [1.165, 1.54) is 0 Å². The van der Waals surface area contributed by atoms with Gasteiger partial charge >= 0.3 is 6.09 Å². The standard InChI is InChI=1S/C14H20BrNO2/c1-9-6-11(15)7-10(2)12(9)8-18-13(17)16-14(3,4)5/h6-7H,8H2,1-5H3,(H,16,17). The largest absolute Gasteiger partial charge is 0.445 e. The lowest BCUT2D eigenvalue weighted by Gasteiger charge is -2.20. The Balaban J connectivity index is 2.67. The maximum absolute atomic E-state index is 11.6. The monoisotopic (exact) mass is 313 g/mol. The fraction of sp³-hybridized carbons (Fsp3) is 0.500. The van der Waals surface area contributed by atoms with E-state index in [9.17, 15) is 4.79 Å². The number of hydrogen-bond acceptors (Lipinski definition) is 2. The number of amides is 1. The highest BCUT2D eigenvalue weighted by Gasteiger charge is 2.15. The van der Waals surface area contributed by atoms with Crippen LogP contribution in [0.1, 0.15) is 37.5 Å². The van der Waals surface area contributed by atoms with Crippen molar-refractivity contribution in [2.45, 2.75) is 46.8 Å². The van der Waals surface area contributed by atoms with E-state index in [0.29, 0.717) is 6.61 Å². The summed E-state index contributed by atoms with van der Waals surface area (Å²) in [7, 11) is 0. The van der Waals surface area contributed by atoms with Crippen LogP contribution in [0.25, 0.3) is 0 Å². The first-order valence-corrected chi connectivity index (χ1v) is 6.69. The van der Waals surface area contributed by atoms with Gasteiger partial charge in [-0.1, -0.05) is 15.9 Å². The molecule has 0 radical (unpaired) electrons. The summed E-state index contributed by atoms with van der Waals surface area (Å²) in [4.78, 5) is 11.6. The summed E-state index contributed by atoms with van der Waals surface area (Å²) in [5.41, 5.74) is 3.01. The third kappa shape index (κ3) is 4.69. The van der Waals surface area contributed by atoms with Crippen molar-refractivity contribution in [1.82, 2.24) is 5.32 Å². The van der Waals surface area contributed by atoms with E-state index < -0.39 is 0 Å². The lowest BCUT2D eigenvalue weighted by molar-refractivity contribution is 0.131. The normalized spacial score (nSPS) is 11.2. The summed E-state index contributed by atoms with van der Waals surface area (Å²) < 4.78 is 6.28. The molecule has 0 bridgehead atoms. The minimum Gasteiger partial charge on any atom is -0.445 e. The van der Waals surface area contributed by atoms with Crippen molar-refractivity contribution in [2.24, 2.45) is 0 Å². The second kappa shape index (κ2) is 5.74. The van der Waals surface area contributed by atoms with Gasteiger partial charge in [0.1, 0.15) is 6.61 Å². The molecule has 1 aromatic carbocycles. The second-order valence-corrected chi connectivity index (χ2v) is 6.38. The molecule has 100 valence electrons. The highest BCUT2D eigenvalue weighted by molar-refractivity contribution is 9.10. The molecule has 0 saturated heterocycles. The van der Waals surface area contributed by atoms with Gasteiger partial charge in [-0.25, -0.2) is 4.79 Å². The Kier molecular flexibility index (Phi) is 4.79. The third-order valence-corrected chi connectivity index (χ3v) is 2.94. The van der Waals surface area contributed by atoms with E-state index in [2.05, 4.69) is 21.2 Å². The molecule has 1 amide bonds. The maximum Gasteiger partial charge on any atom is 0.407 e. The number of rotatable bonds is 2. The van der Waals surface area contributed by atoms with Gasteiger partial charge in [-0.3, -0.25) is 0 Å². The van der Waals surface area contributed by atoms with E-state index in [1.54, 1.807) is 0 Å². The molecular weight excluding hydrogens is 294 g/mol. The van der Waals surface area contributed by atoms with Crippen molar-refractivity contribution in [1.29, 1.82) is 0 Å². The van der Waals surface area contributed by atoms with Crippen LogP contribution in [0.2, 0.25) is 0 Å². The molecule has 0 heterocycles. The molecule has 4 heteroatoms. The van der Waals surface area contributed by atoms with Gasteiger partial charge in [0.05, 0.1) is 0 Å². The van der Waals surface area contributed by atoms with Crippen LogP contribution in [0.5, 0.6) is 0 Å². The number of nitrogens with one attached hydrogen (secondary N) is 1. The van der Waals surface area contributed by atoms with Gasteiger partial charge < -0.3 is 10.1 Å². The lowest BCUT2D eigenvalue weighted by Crippen LogP contribution is -2.40. The average molecular weight is 314 g/mol. The van der Waals surface area contributed by atoms with Crippen molar-refractivity contribution in [3.05, 3.63) is 33.3 Å². The molecule has 1 N–H and O–H groups in total. The van der Waals surface area contributed by atoms with Crippen molar-refractivity contribution in [3.8, 4) is 0 Å². The van der Waals surface area contributed by atoms with Crippen molar-refractivity contribution >= 4 is 22.0 Å². The zero-order valence-corrected chi connectivity index (χ0v) is 13.1. The highest BCUT2D eigenvalue weighted by Crippen LogP contribution is 2.21.